The molecule has 1 fully saturated rings. The highest BCUT2D eigenvalue weighted by Crippen LogP contribution is 2.18. The fourth-order valence-electron chi connectivity index (χ4n) is 2.10. The lowest BCUT2D eigenvalue weighted by Crippen LogP contribution is -2.35. The molecule has 1 amide bonds. The molecule has 0 bridgehead atoms. The van der Waals surface area contributed by atoms with E-state index < -0.39 is 0 Å². The molecule has 98 valence electrons. The summed E-state index contributed by atoms with van der Waals surface area (Å²) in [6, 6.07) is 4.31. The summed E-state index contributed by atoms with van der Waals surface area (Å²) in [4.78, 5) is 12.1. The van der Waals surface area contributed by atoms with Crippen LogP contribution in [0.5, 0.6) is 0 Å². The van der Waals surface area contributed by atoms with Gasteiger partial charge in [-0.3, -0.25) is 4.79 Å². The van der Waals surface area contributed by atoms with Gasteiger partial charge in [0.2, 0.25) is 0 Å². The zero-order valence-corrected chi connectivity index (χ0v) is 11.6. The number of hydrogen-bond donors (Lipinski definition) is 2. The lowest BCUT2D eigenvalue weighted by molar-refractivity contribution is 0.0933. The molecule has 5 heteroatoms. The van der Waals surface area contributed by atoms with Crippen molar-refractivity contribution in [2.24, 2.45) is 0 Å². The third-order valence-electron chi connectivity index (χ3n) is 3.09. The number of halogens is 2. The van der Waals surface area contributed by atoms with Gasteiger partial charge in [-0.2, -0.15) is 0 Å². The number of benzene rings is 1. The van der Waals surface area contributed by atoms with E-state index in [0.717, 1.165) is 32.4 Å². The minimum atomic E-state index is -0.350. The summed E-state index contributed by atoms with van der Waals surface area (Å²) in [6.07, 6.45) is 2.98. The summed E-state index contributed by atoms with van der Waals surface area (Å²) < 4.78 is 13.4. The minimum Gasteiger partial charge on any atom is -0.349 e. The molecule has 0 radical (unpaired) electrons. The van der Waals surface area contributed by atoms with Crippen molar-refractivity contribution in [3.8, 4) is 0 Å². The minimum absolute atomic E-state index is 0.145. The fraction of sp³-hybridized carbons (Fsp3) is 0.462. The molecule has 1 heterocycles. The number of carbonyl (C=O) groups excluding carboxylic acids is 1. The van der Waals surface area contributed by atoms with Gasteiger partial charge in [0.1, 0.15) is 5.82 Å². The predicted octanol–water partition coefficient (Wildman–Crippen LogP) is 2.46. The third-order valence-corrected chi connectivity index (χ3v) is 3.74. The topological polar surface area (TPSA) is 41.1 Å². The lowest BCUT2D eigenvalue weighted by Gasteiger charge is -2.16. The van der Waals surface area contributed by atoms with E-state index >= 15 is 0 Å². The van der Waals surface area contributed by atoms with Gasteiger partial charge < -0.3 is 10.6 Å². The maximum atomic E-state index is 13.0. The highest BCUT2D eigenvalue weighted by molar-refractivity contribution is 9.10. The first-order valence-electron chi connectivity index (χ1n) is 6.13. The first-order valence-corrected chi connectivity index (χ1v) is 6.93. The monoisotopic (exact) mass is 314 g/mol. The van der Waals surface area contributed by atoms with E-state index in [-0.39, 0.29) is 17.8 Å². The lowest BCUT2D eigenvalue weighted by atomic mass is 10.1. The van der Waals surface area contributed by atoms with E-state index in [1.54, 1.807) is 0 Å². The summed E-state index contributed by atoms with van der Waals surface area (Å²) >= 11 is 3.21. The summed E-state index contributed by atoms with van der Waals surface area (Å²) in [5.41, 5.74) is 0.480. The van der Waals surface area contributed by atoms with Crippen LogP contribution in [0.3, 0.4) is 0 Å². The highest BCUT2D eigenvalue weighted by atomic mass is 79.9. The third kappa shape index (κ3) is 3.53. The maximum Gasteiger partial charge on any atom is 0.252 e. The SMILES string of the molecule is O=C(NC1CCCNCC1)c1ccc(F)cc1Br. The second-order valence-electron chi connectivity index (χ2n) is 4.48. The normalized spacial score (nSPS) is 20.2. The molecular formula is C13H16BrFN2O. The van der Waals surface area contributed by atoms with Crippen LogP contribution in [0.25, 0.3) is 0 Å². The summed E-state index contributed by atoms with van der Waals surface area (Å²) in [7, 11) is 0. The Morgan fingerprint density at radius 2 is 2.22 bits per heavy atom. The van der Waals surface area contributed by atoms with E-state index in [2.05, 4.69) is 26.6 Å². The average Bonchev–Trinajstić information content (AvgIpc) is 2.57. The molecular weight excluding hydrogens is 299 g/mol. The van der Waals surface area contributed by atoms with Gasteiger partial charge in [0, 0.05) is 10.5 Å². The van der Waals surface area contributed by atoms with Crippen molar-refractivity contribution in [2.75, 3.05) is 13.1 Å². The second kappa shape index (κ2) is 6.29. The number of carbonyl (C=O) groups is 1. The van der Waals surface area contributed by atoms with Crippen LogP contribution in [-0.4, -0.2) is 25.0 Å². The molecule has 0 aliphatic carbocycles. The Morgan fingerprint density at radius 3 is 3.00 bits per heavy atom. The zero-order chi connectivity index (χ0) is 13.0. The Hall–Kier alpha value is -0.940. The molecule has 1 aromatic rings. The molecule has 18 heavy (non-hydrogen) atoms. The number of nitrogens with one attached hydrogen (secondary N) is 2. The molecule has 1 unspecified atom stereocenters. The van der Waals surface area contributed by atoms with Crippen molar-refractivity contribution in [1.82, 2.24) is 10.6 Å². The van der Waals surface area contributed by atoms with E-state index in [1.165, 1.54) is 18.2 Å². The van der Waals surface area contributed by atoms with Gasteiger partial charge >= 0.3 is 0 Å². The van der Waals surface area contributed by atoms with Gasteiger partial charge in [-0.15, -0.1) is 0 Å². The molecule has 3 nitrogen and oxygen atoms in total. The zero-order valence-electron chi connectivity index (χ0n) is 10.0. The van der Waals surface area contributed by atoms with Crippen LogP contribution in [0.4, 0.5) is 4.39 Å². The van der Waals surface area contributed by atoms with Gasteiger partial charge in [0.05, 0.1) is 5.56 Å². The highest BCUT2D eigenvalue weighted by Gasteiger charge is 2.17. The van der Waals surface area contributed by atoms with Crippen LogP contribution in [0.2, 0.25) is 0 Å². The van der Waals surface area contributed by atoms with Gasteiger partial charge in [-0.1, -0.05) is 0 Å². The Balaban J connectivity index is 2.02. The number of rotatable bonds is 2. The van der Waals surface area contributed by atoms with Crippen molar-refractivity contribution in [3.63, 3.8) is 0 Å². The molecule has 1 atom stereocenters. The quantitative estimate of drug-likeness (QED) is 0.880. The van der Waals surface area contributed by atoms with Crippen LogP contribution < -0.4 is 10.6 Å². The summed E-state index contributed by atoms with van der Waals surface area (Å²) in [5.74, 6) is -0.495. The summed E-state index contributed by atoms with van der Waals surface area (Å²) in [6.45, 7) is 1.93. The van der Waals surface area contributed by atoms with Crippen molar-refractivity contribution < 1.29 is 9.18 Å². The van der Waals surface area contributed by atoms with Gasteiger partial charge in [0.25, 0.3) is 5.91 Å². The van der Waals surface area contributed by atoms with Crippen molar-refractivity contribution in [3.05, 3.63) is 34.1 Å². The Kier molecular flexibility index (Phi) is 4.72. The molecule has 0 aromatic heterocycles. The predicted molar refractivity (Wildman–Crippen MR) is 72.1 cm³/mol. The molecule has 0 saturated carbocycles. The van der Waals surface area contributed by atoms with Crippen LogP contribution >= 0.6 is 15.9 Å². The van der Waals surface area contributed by atoms with Crippen molar-refractivity contribution >= 4 is 21.8 Å². The Bertz CT molecular complexity index is 431. The molecule has 1 aliphatic rings. The number of amides is 1. The van der Waals surface area contributed by atoms with E-state index in [1.807, 2.05) is 0 Å². The Labute approximate surface area is 114 Å². The average molecular weight is 315 g/mol. The first-order chi connectivity index (χ1) is 8.66. The number of hydrogen-bond acceptors (Lipinski definition) is 2. The van der Waals surface area contributed by atoms with Crippen LogP contribution in [0.15, 0.2) is 22.7 Å². The standard InChI is InChI=1S/C13H16BrFN2O/c14-12-8-9(15)3-4-11(12)13(18)17-10-2-1-6-16-7-5-10/h3-4,8,10,16H,1-2,5-7H2,(H,17,18). The molecule has 1 saturated heterocycles. The molecule has 1 aliphatic heterocycles. The van der Waals surface area contributed by atoms with Crippen LogP contribution in [-0.2, 0) is 0 Å². The van der Waals surface area contributed by atoms with Gasteiger partial charge in [-0.05, 0) is 66.5 Å². The molecule has 1 aromatic carbocycles. The van der Waals surface area contributed by atoms with Crippen LogP contribution in [0.1, 0.15) is 29.6 Å². The van der Waals surface area contributed by atoms with Crippen LogP contribution in [0, 0.1) is 5.82 Å². The second-order valence-corrected chi connectivity index (χ2v) is 5.33. The van der Waals surface area contributed by atoms with Crippen molar-refractivity contribution in [2.45, 2.75) is 25.3 Å². The first kappa shape index (κ1) is 13.5. The maximum absolute atomic E-state index is 13.0. The van der Waals surface area contributed by atoms with E-state index in [0.29, 0.717) is 10.0 Å². The fourth-order valence-corrected chi connectivity index (χ4v) is 2.63. The smallest absolute Gasteiger partial charge is 0.252 e. The summed E-state index contributed by atoms with van der Waals surface area (Å²) in [5, 5.41) is 6.30. The Morgan fingerprint density at radius 1 is 1.39 bits per heavy atom. The largest absolute Gasteiger partial charge is 0.349 e. The van der Waals surface area contributed by atoms with Gasteiger partial charge in [0.15, 0.2) is 0 Å². The van der Waals surface area contributed by atoms with E-state index in [9.17, 15) is 9.18 Å². The molecule has 2 N–H and O–H groups in total. The molecule has 2 rings (SSSR count). The van der Waals surface area contributed by atoms with E-state index in [4.69, 9.17) is 0 Å². The van der Waals surface area contributed by atoms with Crippen molar-refractivity contribution in [1.29, 1.82) is 0 Å². The van der Waals surface area contributed by atoms with Gasteiger partial charge in [-0.25, -0.2) is 4.39 Å². The molecule has 0 spiro atoms.